The zero-order valence-electron chi connectivity index (χ0n) is 21.8. The van der Waals surface area contributed by atoms with E-state index < -0.39 is 64.4 Å². The Morgan fingerprint density at radius 3 is 2.20 bits per heavy atom. The minimum absolute atomic E-state index is 0.0698. The summed E-state index contributed by atoms with van der Waals surface area (Å²) in [7, 11) is -3.88. The van der Waals surface area contributed by atoms with Gasteiger partial charge in [0.25, 0.3) is 10.2 Å². The maximum atomic E-state index is 13.4. The fourth-order valence-corrected chi connectivity index (χ4v) is 7.21. The third kappa shape index (κ3) is 7.12. The van der Waals surface area contributed by atoms with Crippen LogP contribution < -0.4 is 5.32 Å². The van der Waals surface area contributed by atoms with E-state index in [-0.39, 0.29) is 50.6 Å². The molecule has 41 heavy (non-hydrogen) atoms. The van der Waals surface area contributed by atoms with Crippen molar-refractivity contribution < 1.29 is 44.3 Å². The Bertz CT molecular complexity index is 1280. The highest BCUT2D eigenvalue weighted by molar-refractivity contribution is 7.86. The summed E-state index contributed by atoms with van der Waals surface area (Å²) in [5, 5.41) is 11.2. The van der Waals surface area contributed by atoms with Crippen molar-refractivity contribution in [3.8, 4) is 6.07 Å². The molecule has 3 fully saturated rings. The monoisotopic (exact) mass is 609 g/mol. The second-order valence-corrected chi connectivity index (χ2v) is 12.5. The lowest BCUT2D eigenvalue weighted by Gasteiger charge is -2.41. The molecule has 16 heteroatoms. The van der Waals surface area contributed by atoms with Crippen LogP contribution in [0.2, 0.25) is 0 Å². The zero-order valence-corrected chi connectivity index (χ0v) is 22.6. The van der Waals surface area contributed by atoms with Gasteiger partial charge in [0, 0.05) is 32.7 Å². The van der Waals surface area contributed by atoms with Crippen LogP contribution in [0.5, 0.6) is 0 Å². The number of alkyl halides is 6. The molecule has 0 bridgehead atoms. The Balaban J connectivity index is 1.45. The average Bonchev–Trinajstić information content (AvgIpc) is 3.36. The topological polar surface area (TPSA) is 114 Å². The number of likely N-dealkylation sites (tertiary alicyclic amines) is 1. The number of hydrogen-bond donors (Lipinski definition) is 1. The van der Waals surface area contributed by atoms with Gasteiger partial charge in [-0.1, -0.05) is 12.1 Å². The molecule has 0 saturated carbocycles. The van der Waals surface area contributed by atoms with Gasteiger partial charge in [-0.15, -0.1) is 0 Å². The highest BCUT2D eigenvalue weighted by Crippen LogP contribution is 2.34. The number of nitriles is 1. The number of carbonyl (C=O) groups excluding carboxylic acids is 2. The SMILES string of the molecule is N#CC1CN(S(=O)(=O)N2CCCC(C(=O)N3CCC[C@@H]3C(=O)N[C@H](CC(F)(F)F)c3ccc(C(F)(F)F)cc3)C2)C1. The van der Waals surface area contributed by atoms with Crippen molar-refractivity contribution in [1.82, 2.24) is 18.8 Å². The summed E-state index contributed by atoms with van der Waals surface area (Å²) >= 11 is 0. The van der Waals surface area contributed by atoms with E-state index in [0.29, 0.717) is 31.4 Å². The van der Waals surface area contributed by atoms with Crippen molar-refractivity contribution >= 4 is 22.0 Å². The molecule has 1 aromatic carbocycles. The number of piperidine rings is 1. The highest BCUT2D eigenvalue weighted by atomic mass is 32.2. The molecule has 3 aliphatic heterocycles. The minimum Gasteiger partial charge on any atom is -0.347 e. The summed E-state index contributed by atoms with van der Waals surface area (Å²) < 4.78 is 107. The zero-order chi connectivity index (χ0) is 30.2. The maximum absolute atomic E-state index is 13.4. The van der Waals surface area contributed by atoms with Crippen molar-refractivity contribution in [3.05, 3.63) is 35.4 Å². The molecule has 0 radical (unpaired) electrons. The van der Waals surface area contributed by atoms with Crippen LogP contribution in [-0.2, 0) is 26.0 Å². The van der Waals surface area contributed by atoms with Gasteiger partial charge in [0.1, 0.15) is 6.04 Å². The molecule has 0 aliphatic carbocycles. The molecule has 4 rings (SSSR count). The summed E-state index contributed by atoms with van der Waals surface area (Å²) in [6.45, 7) is 0.360. The normalized spacial score (nSPS) is 24.0. The molecule has 1 aromatic rings. The van der Waals surface area contributed by atoms with Gasteiger partial charge in [0.15, 0.2) is 0 Å². The number of nitrogens with zero attached hydrogens (tertiary/aromatic N) is 4. The smallest absolute Gasteiger partial charge is 0.347 e. The van der Waals surface area contributed by atoms with E-state index in [1.54, 1.807) is 0 Å². The van der Waals surface area contributed by atoms with E-state index in [4.69, 9.17) is 5.26 Å². The Kier molecular flexibility index (Phi) is 8.91. The van der Waals surface area contributed by atoms with Gasteiger partial charge in [-0.3, -0.25) is 9.59 Å². The van der Waals surface area contributed by atoms with E-state index in [1.807, 2.05) is 6.07 Å². The molecule has 3 heterocycles. The van der Waals surface area contributed by atoms with Gasteiger partial charge in [-0.2, -0.15) is 48.6 Å². The molecule has 3 atom stereocenters. The Morgan fingerprint density at radius 2 is 1.61 bits per heavy atom. The first-order valence-corrected chi connectivity index (χ1v) is 14.5. The van der Waals surface area contributed by atoms with Gasteiger partial charge in [-0.05, 0) is 43.4 Å². The van der Waals surface area contributed by atoms with E-state index >= 15 is 0 Å². The first kappa shape index (κ1) is 31.0. The fourth-order valence-electron chi connectivity index (χ4n) is 5.42. The first-order valence-electron chi connectivity index (χ1n) is 13.1. The first-order chi connectivity index (χ1) is 19.1. The molecule has 3 saturated heterocycles. The Hall–Kier alpha value is -2.90. The Labute approximate surface area is 233 Å². The molecule has 0 spiro atoms. The van der Waals surface area contributed by atoms with Crippen molar-refractivity contribution in [3.63, 3.8) is 0 Å². The number of benzene rings is 1. The number of amides is 2. The lowest BCUT2D eigenvalue weighted by Crippen LogP contribution is -2.57. The summed E-state index contributed by atoms with van der Waals surface area (Å²) in [6, 6.07) is 2.26. The lowest BCUT2D eigenvalue weighted by atomic mass is 9.97. The summed E-state index contributed by atoms with van der Waals surface area (Å²) in [6.07, 6.45) is -9.64. The van der Waals surface area contributed by atoms with Crippen LogP contribution in [0.4, 0.5) is 26.3 Å². The second kappa shape index (κ2) is 11.8. The van der Waals surface area contributed by atoms with Crippen LogP contribution >= 0.6 is 0 Å². The third-order valence-electron chi connectivity index (χ3n) is 7.65. The quantitative estimate of drug-likeness (QED) is 0.477. The number of rotatable bonds is 7. The Morgan fingerprint density at radius 1 is 0.976 bits per heavy atom. The van der Waals surface area contributed by atoms with E-state index in [1.165, 1.54) is 13.5 Å². The summed E-state index contributed by atoms with van der Waals surface area (Å²) in [5.41, 5.74) is -1.22. The van der Waals surface area contributed by atoms with Crippen molar-refractivity contribution in [2.24, 2.45) is 11.8 Å². The van der Waals surface area contributed by atoms with Gasteiger partial charge in [0.05, 0.1) is 35.9 Å². The maximum Gasteiger partial charge on any atom is 0.416 e. The van der Waals surface area contributed by atoms with Crippen molar-refractivity contribution in [2.75, 3.05) is 32.7 Å². The standard InChI is InChI=1S/C25H29F6N5O4S/c26-24(27,28)11-20(17-5-7-19(8-6-17)25(29,30)31)33-22(37)21-4-2-10-36(21)23(38)18-3-1-9-34(15-18)41(39,40)35-13-16(12-32)14-35/h5-8,16,18,20-21H,1-4,9-11,13-15H2,(H,33,37)/t18?,20-,21-/m1/s1. The molecule has 226 valence electrons. The number of carbonyl (C=O) groups is 2. The molecule has 9 nitrogen and oxygen atoms in total. The van der Waals surface area contributed by atoms with Crippen LogP contribution in [0.1, 0.15) is 49.3 Å². The molecule has 0 aromatic heterocycles. The number of nitrogens with one attached hydrogen (secondary N) is 1. The molecular formula is C25H29F6N5O4S. The van der Waals surface area contributed by atoms with E-state index in [2.05, 4.69) is 5.32 Å². The second-order valence-electron chi connectivity index (χ2n) is 10.5. The van der Waals surface area contributed by atoms with Crippen LogP contribution in [0.3, 0.4) is 0 Å². The highest BCUT2D eigenvalue weighted by Gasteiger charge is 2.44. The third-order valence-corrected chi connectivity index (χ3v) is 9.58. The van der Waals surface area contributed by atoms with Gasteiger partial charge in [0.2, 0.25) is 11.8 Å². The lowest BCUT2D eigenvalue weighted by molar-refractivity contribution is -0.147. The van der Waals surface area contributed by atoms with Crippen LogP contribution in [0.25, 0.3) is 0 Å². The van der Waals surface area contributed by atoms with Crippen molar-refractivity contribution in [1.29, 1.82) is 5.26 Å². The average molecular weight is 610 g/mol. The van der Waals surface area contributed by atoms with Crippen LogP contribution in [-0.4, -0.2) is 78.7 Å². The molecule has 1 unspecified atom stereocenters. The van der Waals surface area contributed by atoms with Gasteiger partial charge in [-0.25, -0.2) is 0 Å². The van der Waals surface area contributed by atoms with E-state index in [9.17, 15) is 44.3 Å². The largest absolute Gasteiger partial charge is 0.416 e. The molecule has 3 aliphatic rings. The molecule has 2 amide bonds. The predicted molar refractivity (Wildman–Crippen MR) is 132 cm³/mol. The van der Waals surface area contributed by atoms with Gasteiger partial charge < -0.3 is 10.2 Å². The molecular weight excluding hydrogens is 580 g/mol. The number of halogens is 6. The predicted octanol–water partition coefficient (Wildman–Crippen LogP) is 3.22. The summed E-state index contributed by atoms with van der Waals surface area (Å²) in [5.74, 6) is -2.50. The van der Waals surface area contributed by atoms with Crippen LogP contribution in [0, 0.1) is 23.2 Å². The van der Waals surface area contributed by atoms with E-state index in [0.717, 1.165) is 12.1 Å². The van der Waals surface area contributed by atoms with Crippen molar-refractivity contribution in [2.45, 2.75) is 56.5 Å². The minimum atomic E-state index is -4.74. The number of hydrogen-bond acceptors (Lipinski definition) is 5. The van der Waals surface area contributed by atoms with Crippen LogP contribution in [0.15, 0.2) is 24.3 Å². The van der Waals surface area contributed by atoms with Gasteiger partial charge >= 0.3 is 12.4 Å². The fraction of sp³-hybridized carbons (Fsp3) is 0.640. The summed E-state index contributed by atoms with van der Waals surface area (Å²) in [4.78, 5) is 27.9. The molecule has 1 N–H and O–H groups in total.